The number of benzene rings is 1. The van der Waals surface area contributed by atoms with Gasteiger partial charge in [0.1, 0.15) is 5.75 Å². The molecule has 0 atom stereocenters. The molecule has 0 aromatic heterocycles. The van der Waals surface area contributed by atoms with Crippen molar-refractivity contribution in [3.05, 3.63) is 29.8 Å². The second-order valence-corrected chi connectivity index (χ2v) is 7.50. The number of hydrogen-bond acceptors (Lipinski definition) is 3. The van der Waals surface area contributed by atoms with E-state index in [1.165, 1.54) is 0 Å². The molecular formula is C21H30N2O3. The van der Waals surface area contributed by atoms with E-state index in [2.05, 4.69) is 6.92 Å². The van der Waals surface area contributed by atoms with Crippen LogP contribution in [-0.2, 0) is 4.79 Å². The van der Waals surface area contributed by atoms with Crippen LogP contribution >= 0.6 is 0 Å². The molecule has 1 aromatic carbocycles. The van der Waals surface area contributed by atoms with Crippen LogP contribution < -0.4 is 4.74 Å². The Hall–Kier alpha value is -2.04. The SMILES string of the molecule is CCOc1ccccc1C(=O)N1CCC(C(=O)N2CCC(C)CC2)CC1. The predicted molar refractivity (Wildman–Crippen MR) is 101 cm³/mol. The summed E-state index contributed by atoms with van der Waals surface area (Å²) in [4.78, 5) is 29.5. The van der Waals surface area contributed by atoms with Crippen LogP contribution in [0.15, 0.2) is 24.3 Å². The Labute approximate surface area is 156 Å². The quantitative estimate of drug-likeness (QED) is 0.830. The van der Waals surface area contributed by atoms with Crippen LogP contribution in [0.3, 0.4) is 0 Å². The Morgan fingerprint density at radius 3 is 2.27 bits per heavy atom. The first-order chi connectivity index (χ1) is 12.6. The lowest BCUT2D eigenvalue weighted by Crippen LogP contribution is -2.46. The van der Waals surface area contributed by atoms with Crippen LogP contribution in [0.1, 0.15) is 49.9 Å². The third-order valence-corrected chi connectivity index (χ3v) is 5.64. The first-order valence-corrected chi connectivity index (χ1v) is 9.90. The molecule has 2 heterocycles. The molecule has 2 saturated heterocycles. The molecule has 2 fully saturated rings. The van der Waals surface area contributed by atoms with Crippen LogP contribution in [0, 0.1) is 11.8 Å². The molecule has 0 saturated carbocycles. The summed E-state index contributed by atoms with van der Waals surface area (Å²) >= 11 is 0. The van der Waals surface area contributed by atoms with Gasteiger partial charge in [0.2, 0.25) is 5.91 Å². The molecule has 1 aromatic rings. The lowest BCUT2D eigenvalue weighted by molar-refractivity contribution is -0.138. The van der Waals surface area contributed by atoms with Crippen molar-refractivity contribution in [2.75, 3.05) is 32.8 Å². The highest BCUT2D eigenvalue weighted by molar-refractivity contribution is 5.97. The van der Waals surface area contributed by atoms with Crippen LogP contribution in [0.4, 0.5) is 0 Å². The summed E-state index contributed by atoms with van der Waals surface area (Å²) < 4.78 is 5.59. The third-order valence-electron chi connectivity index (χ3n) is 5.64. The number of amides is 2. The highest BCUT2D eigenvalue weighted by Crippen LogP contribution is 2.26. The minimum Gasteiger partial charge on any atom is -0.493 e. The maximum absolute atomic E-state index is 12.9. The monoisotopic (exact) mass is 358 g/mol. The highest BCUT2D eigenvalue weighted by atomic mass is 16.5. The fourth-order valence-electron chi connectivity index (χ4n) is 3.91. The molecule has 0 N–H and O–H groups in total. The molecule has 2 amide bonds. The molecule has 0 spiro atoms. The van der Waals surface area contributed by atoms with E-state index >= 15 is 0 Å². The van der Waals surface area contributed by atoms with Gasteiger partial charge in [-0.05, 0) is 50.7 Å². The summed E-state index contributed by atoms with van der Waals surface area (Å²) in [6, 6.07) is 7.40. The molecule has 0 bridgehead atoms. The molecular weight excluding hydrogens is 328 g/mol. The van der Waals surface area contributed by atoms with Crippen molar-refractivity contribution in [1.82, 2.24) is 9.80 Å². The van der Waals surface area contributed by atoms with Gasteiger partial charge < -0.3 is 14.5 Å². The maximum atomic E-state index is 12.9. The van der Waals surface area contributed by atoms with Gasteiger partial charge in [-0.25, -0.2) is 0 Å². The van der Waals surface area contributed by atoms with Gasteiger partial charge in [-0.1, -0.05) is 19.1 Å². The number of carbonyl (C=O) groups is 2. The zero-order chi connectivity index (χ0) is 18.5. The maximum Gasteiger partial charge on any atom is 0.257 e. The van der Waals surface area contributed by atoms with Gasteiger partial charge in [0.05, 0.1) is 12.2 Å². The van der Waals surface area contributed by atoms with Crippen LogP contribution in [0.25, 0.3) is 0 Å². The van der Waals surface area contributed by atoms with Gasteiger partial charge >= 0.3 is 0 Å². The second-order valence-electron chi connectivity index (χ2n) is 7.50. The van der Waals surface area contributed by atoms with E-state index in [0.717, 1.165) is 44.7 Å². The van der Waals surface area contributed by atoms with Gasteiger partial charge in [-0.2, -0.15) is 0 Å². The Bertz CT molecular complexity index is 630. The molecule has 2 aliphatic heterocycles. The number of likely N-dealkylation sites (tertiary alicyclic amines) is 2. The van der Waals surface area contributed by atoms with Gasteiger partial charge in [-0.15, -0.1) is 0 Å². The standard InChI is InChI=1S/C21H30N2O3/c1-3-26-19-7-5-4-6-18(19)21(25)23-14-10-17(11-15-23)20(24)22-12-8-16(2)9-13-22/h4-7,16-17H,3,8-15H2,1-2H3. The van der Waals surface area contributed by atoms with E-state index in [0.29, 0.717) is 36.9 Å². The van der Waals surface area contributed by atoms with Crippen molar-refractivity contribution in [3.63, 3.8) is 0 Å². The summed E-state index contributed by atoms with van der Waals surface area (Å²) in [5, 5.41) is 0. The van der Waals surface area contributed by atoms with Crippen molar-refractivity contribution < 1.29 is 14.3 Å². The largest absolute Gasteiger partial charge is 0.493 e. The summed E-state index contributed by atoms with van der Waals surface area (Å²) in [5.74, 6) is 1.73. The number of nitrogens with zero attached hydrogens (tertiary/aromatic N) is 2. The molecule has 0 radical (unpaired) electrons. The fraction of sp³-hybridized carbons (Fsp3) is 0.619. The average Bonchev–Trinajstić information content (AvgIpc) is 2.68. The van der Waals surface area contributed by atoms with Crippen LogP contribution in [-0.4, -0.2) is 54.4 Å². The molecule has 5 nitrogen and oxygen atoms in total. The van der Waals surface area contributed by atoms with E-state index in [-0.39, 0.29) is 11.8 Å². The molecule has 142 valence electrons. The molecule has 2 aliphatic rings. The minimum atomic E-state index is 0.00625. The number of rotatable bonds is 4. The first kappa shape index (κ1) is 18.7. The smallest absolute Gasteiger partial charge is 0.257 e. The zero-order valence-corrected chi connectivity index (χ0v) is 15.9. The topological polar surface area (TPSA) is 49.9 Å². The first-order valence-electron chi connectivity index (χ1n) is 9.90. The zero-order valence-electron chi connectivity index (χ0n) is 15.9. The average molecular weight is 358 g/mol. The van der Waals surface area contributed by atoms with Crippen LogP contribution in [0.5, 0.6) is 5.75 Å². The molecule has 26 heavy (non-hydrogen) atoms. The normalized spacial score (nSPS) is 19.5. The van der Waals surface area contributed by atoms with Crippen molar-refractivity contribution in [3.8, 4) is 5.75 Å². The van der Waals surface area contributed by atoms with E-state index in [9.17, 15) is 9.59 Å². The van der Waals surface area contributed by atoms with Crippen molar-refractivity contribution >= 4 is 11.8 Å². The number of carbonyl (C=O) groups excluding carboxylic acids is 2. The van der Waals surface area contributed by atoms with E-state index in [1.54, 1.807) is 0 Å². The Balaban J connectivity index is 1.56. The Morgan fingerprint density at radius 1 is 1.00 bits per heavy atom. The van der Waals surface area contributed by atoms with E-state index in [4.69, 9.17) is 4.74 Å². The molecule has 5 heteroatoms. The van der Waals surface area contributed by atoms with Gasteiger partial charge in [0.25, 0.3) is 5.91 Å². The van der Waals surface area contributed by atoms with Crippen molar-refractivity contribution in [2.45, 2.75) is 39.5 Å². The van der Waals surface area contributed by atoms with Gasteiger partial charge in [0, 0.05) is 32.1 Å². The van der Waals surface area contributed by atoms with Gasteiger partial charge in [-0.3, -0.25) is 9.59 Å². The lowest BCUT2D eigenvalue weighted by atomic mass is 9.92. The predicted octanol–water partition coefficient (Wildman–Crippen LogP) is 3.20. The third kappa shape index (κ3) is 4.19. The highest BCUT2D eigenvalue weighted by Gasteiger charge is 2.32. The summed E-state index contributed by atoms with van der Waals surface area (Å²) in [5.41, 5.74) is 0.615. The number of hydrogen-bond donors (Lipinski definition) is 0. The minimum absolute atomic E-state index is 0.00625. The lowest BCUT2D eigenvalue weighted by Gasteiger charge is -2.36. The Kier molecular flexibility index (Phi) is 6.17. The Morgan fingerprint density at radius 2 is 1.62 bits per heavy atom. The fourth-order valence-corrected chi connectivity index (χ4v) is 3.91. The second kappa shape index (κ2) is 8.56. The summed E-state index contributed by atoms with van der Waals surface area (Å²) in [6.45, 7) is 7.77. The molecule has 0 aliphatic carbocycles. The summed E-state index contributed by atoms with van der Waals surface area (Å²) in [7, 11) is 0. The number of ether oxygens (including phenoxy) is 1. The van der Waals surface area contributed by atoms with Crippen molar-refractivity contribution in [2.24, 2.45) is 11.8 Å². The van der Waals surface area contributed by atoms with E-state index in [1.807, 2.05) is 41.0 Å². The van der Waals surface area contributed by atoms with Gasteiger partial charge in [0.15, 0.2) is 0 Å². The molecule has 3 rings (SSSR count). The summed E-state index contributed by atoms with van der Waals surface area (Å²) in [6.07, 6.45) is 3.73. The molecule has 0 unspecified atom stereocenters. The van der Waals surface area contributed by atoms with E-state index < -0.39 is 0 Å². The van der Waals surface area contributed by atoms with Crippen molar-refractivity contribution in [1.29, 1.82) is 0 Å². The number of piperidine rings is 2. The van der Waals surface area contributed by atoms with Crippen LogP contribution in [0.2, 0.25) is 0 Å². The number of para-hydroxylation sites is 1.